The van der Waals surface area contributed by atoms with E-state index in [2.05, 4.69) is 0 Å². The zero-order chi connectivity index (χ0) is 14.8. The van der Waals surface area contributed by atoms with Gasteiger partial charge in [-0.3, -0.25) is 4.79 Å². The lowest BCUT2D eigenvalue weighted by atomic mass is 9.99. The molecule has 3 nitrogen and oxygen atoms in total. The topological polar surface area (TPSA) is 69.1 Å². The number of hydrogen-bond donors (Lipinski definition) is 2. The fourth-order valence-corrected chi connectivity index (χ4v) is 3.09. The molecule has 0 bridgehead atoms. The van der Waals surface area contributed by atoms with Crippen LogP contribution >= 0.6 is 11.3 Å². The first kappa shape index (κ1) is 13.4. The molecule has 0 aliphatic carbocycles. The zero-order valence-electron chi connectivity index (χ0n) is 11.2. The zero-order valence-corrected chi connectivity index (χ0v) is 12.1. The van der Waals surface area contributed by atoms with Gasteiger partial charge in [0.2, 0.25) is 0 Å². The van der Waals surface area contributed by atoms with Crippen LogP contribution in [-0.2, 0) is 0 Å². The maximum atomic E-state index is 12.4. The van der Waals surface area contributed by atoms with Crippen molar-refractivity contribution in [3.63, 3.8) is 0 Å². The Kier molecular flexibility index (Phi) is 3.46. The highest BCUT2D eigenvalue weighted by molar-refractivity contribution is 7.13. The van der Waals surface area contributed by atoms with Crippen molar-refractivity contribution < 1.29 is 4.79 Å². The number of hydrogen-bond acceptors (Lipinski definition) is 4. The molecule has 4 N–H and O–H groups in total. The molecule has 0 spiro atoms. The van der Waals surface area contributed by atoms with Crippen molar-refractivity contribution in [1.82, 2.24) is 0 Å². The molecule has 0 fully saturated rings. The van der Waals surface area contributed by atoms with Crippen molar-refractivity contribution in [3.05, 3.63) is 71.1 Å². The highest BCUT2D eigenvalue weighted by Crippen LogP contribution is 2.36. The third-order valence-electron chi connectivity index (χ3n) is 3.27. The Labute approximate surface area is 126 Å². The lowest BCUT2D eigenvalue weighted by Gasteiger charge is -2.10. The van der Waals surface area contributed by atoms with Gasteiger partial charge in [-0.1, -0.05) is 36.4 Å². The minimum Gasteiger partial charge on any atom is -0.398 e. The van der Waals surface area contributed by atoms with E-state index in [1.54, 1.807) is 35.6 Å². The van der Waals surface area contributed by atoms with Crippen LogP contribution in [0.1, 0.15) is 15.9 Å². The lowest BCUT2D eigenvalue weighted by molar-refractivity contribution is 0.103. The molecule has 1 aromatic heterocycles. The Hall–Kier alpha value is -2.59. The summed E-state index contributed by atoms with van der Waals surface area (Å²) in [5, 5.41) is 1.97. The number of carbonyl (C=O) groups is 1. The summed E-state index contributed by atoms with van der Waals surface area (Å²) in [7, 11) is 0. The average molecular weight is 294 g/mol. The predicted molar refractivity (Wildman–Crippen MR) is 88.5 cm³/mol. The van der Waals surface area contributed by atoms with E-state index in [1.807, 2.05) is 35.7 Å². The van der Waals surface area contributed by atoms with Gasteiger partial charge in [-0.05, 0) is 23.6 Å². The second kappa shape index (κ2) is 5.42. The number of thiophene rings is 1. The summed E-state index contributed by atoms with van der Waals surface area (Å²) < 4.78 is 0. The number of ketones is 1. The van der Waals surface area contributed by atoms with Crippen LogP contribution in [0, 0.1) is 0 Å². The van der Waals surface area contributed by atoms with Gasteiger partial charge in [0.25, 0.3) is 0 Å². The number of benzene rings is 2. The second-order valence-corrected chi connectivity index (χ2v) is 5.65. The average Bonchev–Trinajstić information content (AvgIpc) is 3.00. The van der Waals surface area contributed by atoms with E-state index in [0.29, 0.717) is 22.5 Å². The van der Waals surface area contributed by atoms with E-state index >= 15 is 0 Å². The Morgan fingerprint density at radius 2 is 1.52 bits per heavy atom. The summed E-state index contributed by atoms with van der Waals surface area (Å²) in [6.07, 6.45) is 0. The molecule has 0 aliphatic rings. The van der Waals surface area contributed by atoms with Crippen molar-refractivity contribution in [2.24, 2.45) is 0 Å². The highest BCUT2D eigenvalue weighted by Gasteiger charge is 2.15. The number of nitrogens with two attached hydrogens (primary N) is 2. The van der Waals surface area contributed by atoms with Crippen LogP contribution in [0.15, 0.2) is 60.0 Å². The van der Waals surface area contributed by atoms with Crippen LogP contribution in [0.2, 0.25) is 0 Å². The van der Waals surface area contributed by atoms with Gasteiger partial charge in [-0.2, -0.15) is 0 Å². The molecular weight excluding hydrogens is 280 g/mol. The molecule has 104 valence electrons. The summed E-state index contributed by atoms with van der Waals surface area (Å²) >= 11 is 1.57. The summed E-state index contributed by atoms with van der Waals surface area (Å²) in [6.45, 7) is 0. The Balaban J connectivity index is 2.05. The third kappa shape index (κ3) is 2.53. The van der Waals surface area contributed by atoms with Crippen LogP contribution in [0.5, 0.6) is 0 Å². The summed E-state index contributed by atoms with van der Waals surface area (Å²) in [6, 6.07) is 16.4. The molecule has 3 rings (SSSR count). The van der Waals surface area contributed by atoms with Crippen LogP contribution in [0.3, 0.4) is 0 Å². The SMILES string of the molecule is Nc1cc(C(=O)c2ccccc2)cc(N)c1-c1cccs1. The van der Waals surface area contributed by atoms with Crippen molar-refractivity contribution >= 4 is 28.5 Å². The molecule has 0 amide bonds. The maximum absolute atomic E-state index is 12.4. The van der Waals surface area contributed by atoms with E-state index in [4.69, 9.17) is 11.5 Å². The quantitative estimate of drug-likeness (QED) is 0.570. The van der Waals surface area contributed by atoms with Gasteiger partial charge in [-0.25, -0.2) is 0 Å². The van der Waals surface area contributed by atoms with Gasteiger partial charge < -0.3 is 11.5 Å². The number of carbonyl (C=O) groups excluding carboxylic acids is 1. The molecule has 0 unspecified atom stereocenters. The Morgan fingerprint density at radius 1 is 0.857 bits per heavy atom. The fourth-order valence-electron chi connectivity index (χ4n) is 2.28. The number of anilines is 2. The monoisotopic (exact) mass is 294 g/mol. The molecule has 21 heavy (non-hydrogen) atoms. The molecule has 4 heteroatoms. The molecule has 0 saturated carbocycles. The van der Waals surface area contributed by atoms with Gasteiger partial charge in [0.1, 0.15) is 0 Å². The molecule has 0 atom stereocenters. The Morgan fingerprint density at radius 3 is 2.10 bits per heavy atom. The maximum Gasteiger partial charge on any atom is 0.193 e. The minimum atomic E-state index is -0.0771. The van der Waals surface area contributed by atoms with E-state index in [1.165, 1.54) is 0 Å². The van der Waals surface area contributed by atoms with Gasteiger partial charge in [0.15, 0.2) is 5.78 Å². The minimum absolute atomic E-state index is 0.0771. The van der Waals surface area contributed by atoms with E-state index in [0.717, 1.165) is 10.4 Å². The van der Waals surface area contributed by atoms with Crippen molar-refractivity contribution in [2.45, 2.75) is 0 Å². The first-order valence-corrected chi connectivity index (χ1v) is 7.37. The number of rotatable bonds is 3. The lowest BCUT2D eigenvalue weighted by Crippen LogP contribution is -2.05. The first-order chi connectivity index (χ1) is 10.2. The third-order valence-corrected chi connectivity index (χ3v) is 4.15. The van der Waals surface area contributed by atoms with Crippen LogP contribution < -0.4 is 11.5 Å². The predicted octanol–water partition coefficient (Wildman–Crippen LogP) is 3.81. The van der Waals surface area contributed by atoms with Gasteiger partial charge >= 0.3 is 0 Å². The smallest absolute Gasteiger partial charge is 0.193 e. The fraction of sp³-hybridized carbons (Fsp3) is 0. The van der Waals surface area contributed by atoms with Gasteiger partial charge in [-0.15, -0.1) is 11.3 Å². The van der Waals surface area contributed by atoms with Crippen LogP contribution in [0.25, 0.3) is 10.4 Å². The van der Waals surface area contributed by atoms with E-state index < -0.39 is 0 Å². The number of nitrogen functional groups attached to an aromatic ring is 2. The van der Waals surface area contributed by atoms with Crippen LogP contribution in [0.4, 0.5) is 11.4 Å². The molecular formula is C17H14N2OS. The standard InChI is InChI=1S/C17H14N2OS/c18-13-9-12(17(20)11-5-2-1-3-6-11)10-14(19)16(13)15-7-4-8-21-15/h1-10H,18-19H2. The molecule has 3 aromatic rings. The van der Waals surface area contributed by atoms with Crippen LogP contribution in [-0.4, -0.2) is 5.78 Å². The van der Waals surface area contributed by atoms with E-state index in [9.17, 15) is 4.79 Å². The van der Waals surface area contributed by atoms with Gasteiger partial charge in [0.05, 0.1) is 0 Å². The normalized spacial score (nSPS) is 10.5. The van der Waals surface area contributed by atoms with Gasteiger partial charge in [0, 0.05) is 32.9 Å². The second-order valence-electron chi connectivity index (χ2n) is 4.70. The summed E-state index contributed by atoms with van der Waals surface area (Å²) in [5.74, 6) is -0.0771. The summed E-state index contributed by atoms with van der Waals surface area (Å²) in [5.41, 5.74) is 15.2. The molecule has 0 aliphatic heterocycles. The first-order valence-electron chi connectivity index (χ1n) is 6.49. The van der Waals surface area contributed by atoms with E-state index in [-0.39, 0.29) is 5.78 Å². The Bertz CT molecular complexity index is 757. The largest absolute Gasteiger partial charge is 0.398 e. The van der Waals surface area contributed by atoms with Crippen molar-refractivity contribution in [3.8, 4) is 10.4 Å². The van der Waals surface area contributed by atoms with Crippen molar-refractivity contribution in [1.29, 1.82) is 0 Å². The summed E-state index contributed by atoms with van der Waals surface area (Å²) in [4.78, 5) is 13.4. The molecule has 0 saturated heterocycles. The molecule has 2 aromatic carbocycles. The highest BCUT2D eigenvalue weighted by atomic mass is 32.1. The molecule has 1 heterocycles. The molecule has 0 radical (unpaired) electrons. The van der Waals surface area contributed by atoms with Crippen molar-refractivity contribution in [2.75, 3.05) is 11.5 Å².